The molecule has 7 heteroatoms. The minimum atomic E-state index is -0.656. The fourth-order valence-electron chi connectivity index (χ4n) is 2.30. The van der Waals surface area contributed by atoms with Gasteiger partial charge in [-0.05, 0) is 25.5 Å². The number of ether oxygens (including phenoxy) is 1. The van der Waals surface area contributed by atoms with Gasteiger partial charge in [-0.2, -0.15) is 0 Å². The van der Waals surface area contributed by atoms with Gasteiger partial charge in [0.1, 0.15) is 6.10 Å². The Morgan fingerprint density at radius 3 is 3.05 bits per heavy atom. The highest BCUT2D eigenvalue weighted by Gasteiger charge is 2.35. The van der Waals surface area contributed by atoms with Crippen LogP contribution in [-0.2, 0) is 11.3 Å². The topological polar surface area (TPSA) is 95.5 Å². The molecule has 2 rings (SSSR count). The van der Waals surface area contributed by atoms with Crippen LogP contribution in [0.2, 0.25) is 0 Å². The Hall–Kier alpha value is -1.70. The van der Waals surface area contributed by atoms with Crippen LogP contribution in [-0.4, -0.2) is 53.6 Å². The fourth-order valence-corrected chi connectivity index (χ4v) is 2.30. The minimum absolute atomic E-state index is 0.0725. The van der Waals surface area contributed by atoms with Gasteiger partial charge in [-0.25, -0.2) is 4.79 Å². The quantitative estimate of drug-likeness (QED) is 0.594. The zero-order chi connectivity index (χ0) is 15.9. The molecule has 0 aliphatic carbocycles. The molecule has 0 radical (unpaired) electrons. The number of hydrogen-bond donors (Lipinski definition) is 4. The number of carbonyl (C=O) groups is 1. The van der Waals surface area contributed by atoms with E-state index in [0.29, 0.717) is 13.2 Å². The third-order valence-electron chi connectivity index (χ3n) is 3.46. The Balaban J connectivity index is 1.72. The molecule has 1 aliphatic rings. The van der Waals surface area contributed by atoms with Gasteiger partial charge in [-0.3, -0.25) is 4.98 Å². The van der Waals surface area contributed by atoms with Gasteiger partial charge in [0.15, 0.2) is 0 Å². The molecule has 7 nitrogen and oxygen atoms in total. The maximum Gasteiger partial charge on any atom is 0.315 e. The number of nitrogens with one attached hydrogen (secondary N) is 3. The molecule has 1 aromatic rings. The van der Waals surface area contributed by atoms with Crippen molar-refractivity contribution in [1.82, 2.24) is 20.9 Å². The molecular weight excluding hydrogens is 284 g/mol. The van der Waals surface area contributed by atoms with Gasteiger partial charge in [0.2, 0.25) is 0 Å². The Bertz CT molecular complexity index is 469. The van der Waals surface area contributed by atoms with E-state index in [1.807, 2.05) is 26.0 Å². The maximum atomic E-state index is 11.5. The summed E-state index contributed by atoms with van der Waals surface area (Å²) in [5.74, 6) is 0. The number of urea groups is 1. The SMILES string of the molecule is CC(C)NC(=O)NC[C@H]1OC[C@@H](NCc2cccnc2)[C@@H]1O. The lowest BCUT2D eigenvalue weighted by Crippen LogP contribution is -2.47. The second-order valence-corrected chi connectivity index (χ2v) is 5.72. The van der Waals surface area contributed by atoms with E-state index in [2.05, 4.69) is 20.9 Å². The highest BCUT2D eigenvalue weighted by Crippen LogP contribution is 2.14. The Morgan fingerprint density at radius 2 is 2.36 bits per heavy atom. The zero-order valence-electron chi connectivity index (χ0n) is 13.0. The summed E-state index contributed by atoms with van der Waals surface area (Å²) >= 11 is 0. The van der Waals surface area contributed by atoms with Crippen LogP contribution in [0.1, 0.15) is 19.4 Å². The molecule has 2 heterocycles. The lowest BCUT2D eigenvalue weighted by Gasteiger charge is -2.19. The first-order valence-corrected chi connectivity index (χ1v) is 7.52. The monoisotopic (exact) mass is 308 g/mol. The van der Waals surface area contributed by atoms with Crippen LogP contribution in [0.4, 0.5) is 4.79 Å². The van der Waals surface area contributed by atoms with Crippen molar-refractivity contribution in [1.29, 1.82) is 0 Å². The van der Waals surface area contributed by atoms with Gasteiger partial charge < -0.3 is 25.8 Å². The number of rotatable bonds is 6. The lowest BCUT2D eigenvalue weighted by molar-refractivity contribution is 0.0425. The van der Waals surface area contributed by atoms with E-state index >= 15 is 0 Å². The van der Waals surface area contributed by atoms with Crippen molar-refractivity contribution < 1.29 is 14.6 Å². The van der Waals surface area contributed by atoms with Gasteiger partial charge in [0, 0.05) is 31.5 Å². The molecule has 1 aliphatic heterocycles. The molecule has 0 aromatic carbocycles. The number of nitrogens with zero attached hydrogens (tertiary/aromatic N) is 1. The third kappa shape index (κ3) is 4.94. The van der Waals surface area contributed by atoms with E-state index in [0.717, 1.165) is 5.56 Å². The molecule has 0 bridgehead atoms. The Labute approximate surface area is 130 Å². The van der Waals surface area contributed by atoms with E-state index in [9.17, 15) is 9.90 Å². The van der Waals surface area contributed by atoms with Crippen LogP contribution >= 0.6 is 0 Å². The number of aromatic nitrogens is 1. The summed E-state index contributed by atoms with van der Waals surface area (Å²) in [5, 5.41) is 18.9. The molecule has 3 atom stereocenters. The molecule has 0 spiro atoms. The number of carbonyl (C=O) groups excluding carboxylic acids is 1. The van der Waals surface area contributed by atoms with Gasteiger partial charge in [-0.1, -0.05) is 6.07 Å². The van der Waals surface area contributed by atoms with Crippen LogP contribution in [0.15, 0.2) is 24.5 Å². The largest absolute Gasteiger partial charge is 0.389 e. The van der Waals surface area contributed by atoms with E-state index in [1.54, 1.807) is 12.4 Å². The number of aliphatic hydroxyl groups is 1. The molecule has 1 aromatic heterocycles. The van der Waals surface area contributed by atoms with E-state index in [4.69, 9.17) is 4.74 Å². The van der Waals surface area contributed by atoms with Crippen LogP contribution in [0.25, 0.3) is 0 Å². The van der Waals surface area contributed by atoms with Crippen molar-refractivity contribution in [3.8, 4) is 0 Å². The minimum Gasteiger partial charge on any atom is -0.389 e. The van der Waals surface area contributed by atoms with Crippen molar-refractivity contribution >= 4 is 6.03 Å². The molecular formula is C15H24N4O3. The fraction of sp³-hybridized carbons (Fsp3) is 0.600. The molecule has 2 amide bonds. The molecule has 1 saturated heterocycles. The normalized spacial score (nSPS) is 24.5. The first-order chi connectivity index (χ1) is 10.6. The second kappa shape index (κ2) is 8.07. The van der Waals surface area contributed by atoms with Crippen LogP contribution < -0.4 is 16.0 Å². The van der Waals surface area contributed by atoms with Gasteiger partial charge in [0.25, 0.3) is 0 Å². The van der Waals surface area contributed by atoms with Crippen molar-refractivity contribution in [2.24, 2.45) is 0 Å². The summed E-state index contributed by atoms with van der Waals surface area (Å²) in [6.45, 7) is 5.09. The summed E-state index contributed by atoms with van der Waals surface area (Å²) < 4.78 is 5.55. The van der Waals surface area contributed by atoms with Crippen LogP contribution in [0, 0.1) is 0 Å². The molecule has 122 valence electrons. The Kier molecular flexibility index (Phi) is 6.11. The highest BCUT2D eigenvalue weighted by molar-refractivity contribution is 5.74. The van der Waals surface area contributed by atoms with Crippen molar-refractivity contribution in [3.05, 3.63) is 30.1 Å². The van der Waals surface area contributed by atoms with Crippen molar-refractivity contribution in [2.45, 2.75) is 44.7 Å². The maximum absolute atomic E-state index is 11.5. The van der Waals surface area contributed by atoms with Gasteiger partial charge in [0.05, 0.1) is 18.8 Å². The van der Waals surface area contributed by atoms with Gasteiger partial charge in [-0.15, -0.1) is 0 Å². The molecule has 1 fully saturated rings. The Morgan fingerprint density at radius 1 is 1.55 bits per heavy atom. The lowest BCUT2D eigenvalue weighted by atomic mass is 10.1. The first-order valence-electron chi connectivity index (χ1n) is 7.52. The number of hydrogen-bond acceptors (Lipinski definition) is 5. The highest BCUT2D eigenvalue weighted by atomic mass is 16.5. The summed E-state index contributed by atoms with van der Waals surface area (Å²) in [5.41, 5.74) is 1.05. The third-order valence-corrected chi connectivity index (χ3v) is 3.46. The number of pyridine rings is 1. The average Bonchev–Trinajstić information content (AvgIpc) is 2.84. The molecule has 4 N–H and O–H groups in total. The zero-order valence-corrected chi connectivity index (χ0v) is 13.0. The van der Waals surface area contributed by atoms with Crippen molar-refractivity contribution in [3.63, 3.8) is 0 Å². The molecule has 0 saturated carbocycles. The second-order valence-electron chi connectivity index (χ2n) is 5.72. The average molecular weight is 308 g/mol. The van der Waals surface area contributed by atoms with E-state index in [1.165, 1.54) is 0 Å². The number of aliphatic hydroxyl groups excluding tert-OH is 1. The smallest absolute Gasteiger partial charge is 0.315 e. The van der Waals surface area contributed by atoms with Gasteiger partial charge >= 0.3 is 6.03 Å². The molecule has 22 heavy (non-hydrogen) atoms. The van der Waals surface area contributed by atoms with Crippen LogP contribution in [0.5, 0.6) is 0 Å². The van der Waals surface area contributed by atoms with E-state index < -0.39 is 12.2 Å². The summed E-state index contributed by atoms with van der Waals surface area (Å²) in [7, 11) is 0. The van der Waals surface area contributed by atoms with Crippen molar-refractivity contribution in [2.75, 3.05) is 13.2 Å². The number of amides is 2. The van der Waals surface area contributed by atoms with E-state index in [-0.39, 0.29) is 24.7 Å². The predicted molar refractivity (Wildman–Crippen MR) is 82.3 cm³/mol. The predicted octanol–water partition coefficient (Wildman–Crippen LogP) is 0.00710. The first kappa shape index (κ1) is 16.7. The van der Waals surface area contributed by atoms with Crippen LogP contribution in [0.3, 0.4) is 0 Å². The summed E-state index contributed by atoms with van der Waals surface area (Å²) in [6.07, 6.45) is 2.45. The summed E-state index contributed by atoms with van der Waals surface area (Å²) in [6, 6.07) is 3.51. The molecule has 0 unspecified atom stereocenters. The summed E-state index contributed by atoms with van der Waals surface area (Å²) in [4.78, 5) is 15.6. The standard InChI is InChI=1S/C15H24N4O3/c1-10(2)19-15(21)18-8-13-14(20)12(9-22-13)17-7-11-4-3-5-16-6-11/h3-6,10,12-14,17,20H,7-9H2,1-2H3,(H2,18,19,21)/t12-,13-,14+/m1/s1.